The summed E-state index contributed by atoms with van der Waals surface area (Å²) >= 11 is 11.9. The predicted octanol–water partition coefficient (Wildman–Crippen LogP) is 4.97. The Labute approximate surface area is 169 Å². The van der Waals surface area contributed by atoms with Gasteiger partial charge in [0.25, 0.3) is 5.91 Å². The third kappa shape index (κ3) is 5.70. The van der Waals surface area contributed by atoms with Crippen LogP contribution in [0.4, 0.5) is 0 Å². The molecule has 0 aliphatic heterocycles. The van der Waals surface area contributed by atoms with Crippen LogP contribution in [-0.4, -0.2) is 10.1 Å². The molecule has 0 aliphatic rings. The largest absolute Gasteiger partial charge is 0.455 e. The average molecular weight is 422 g/mol. The van der Waals surface area contributed by atoms with Crippen molar-refractivity contribution in [2.24, 2.45) is 0 Å². The summed E-state index contributed by atoms with van der Waals surface area (Å²) in [7, 11) is -1.19. The fraction of sp³-hybridized carbons (Fsp3) is 0.150. The van der Waals surface area contributed by atoms with Gasteiger partial charge in [0.05, 0.1) is 11.5 Å². The highest BCUT2D eigenvalue weighted by Crippen LogP contribution is 2.19. The maximum Gasteiger partial charge on any atom is 0.287 e. The van der Waals surface area contributed by atoms with Crippen LogP contribution in [0, 0.1) is 0 Å². The molecule has 1 N–H and O–H groups in total. The highest BCUT2D eigenvalue weighted by Gasteiger charge is 2.13. The standard InChI is InChI=1S/C20H17Cl2NO3S/c21-16-7-5-14(6-8-16)11-23-20(24)19-10-9-17(26-19)13-27(25)12-15-3-1-2-4-18(15)22/h1-10H,11-13H2,(H,23,24)/t27-/m1/s1. The van der Waals surface area contributed by atoms with Gasteiger partial charge in [-0.15, -0.1) is 0 Å². The number of hydrogen-bond acceptors (Lipinski definition) is 3. The summed E-state index contributed by atoms with van der Waals surface area (Å²) in [4.78, 5) is 12.2. The van der Waals surface area contributed by atoms with Crippen LogP contribution in [0.1, 0.15) is 27.4 Å². The van der Waals surface area contributed by atoms with Crippen molar-refractivity contribution in [2.75, 3.05) is 0 Å². The van der Waals surface area contributed by atoms with Crippen molar-refractivity contribution in [3.8, 4) is 0 Å². The van der Waals surface area contributed by atoms with E-state index in [9.17, 15) is 9.00 Å². The molecule has 2 aromatic carbocycles. The maximum absolute atomic E-state index is 12.3. The zero-order valence-electron chi connectivity index (χ0n) is 14.3. The first kappa shape index (κ1) is 19.7. The van der Waals surface area contributed by atoms with Crippen molar-refractivity contribution in [3.63, 3.8) is 0 Å². The third-order valence-electron chi connectivity index (χ3n) is 3.83. The van der Waals surface area contributed by atoms with Crippen LogP contribution in [0.2, 0.25) is 10.0 Å². The molecule has 1 amide bonds. The number of benzene rings is 2. The van der Waals surface area contributed by atoms with Gasteiger partial charge in [0, 0.05) is 27.4 Å². The molecule has 0 aliphatic carbocycles. The number of carbonyl (C=O) groups excluding carboxylic acids is 1. The zero-order chi connectivity index (χ0) is 19.2. The zero-order valence-corrected chi connectivity index (χ0v) is 16.6. The van der Waals surface area contributed by atoms with Gasteiger partial charge in [0.15, 0.2) is 5.76 Å². The normalized spacial score (nSPS) is 11.9. The second kappa shape index (κ2) is 9.22. The topological polar surface area (TPSA) is 59.3 Å². The Kier molecular flexibility index (Phi) is 6.72. The van der Waals surface area contributed by atoms with Crippen LogP contribution >= 0.6 is 23.2 Å². The molecule has 3 rings (SSSR count). The lowest BCUT2D eigenvalue weighted by Crippen LogP contribution is -2.22. The fourth-order valence-corrected chi connectivity index (χ4v) is 4.03. The van der Waals surface area contributed by atoms with Crippen molar-refractivity contribution in [1.29, 1.82) is 0 Å². The minimum Gasteiger partial charge on any atom is -0.455 e. The number of halogens is 2. The van der Waals surface area contributed by atoms with Crippen LogP contribution in [-0.2, 0) is 28.9 Å². The minimum atomic E-state index is -1.19. The maximum atomic E-state index is 12.3. The van der Waals surface area contributed by atoms with E-state index in [-0.39, 0.29) is 17.4 Å². The summed E-state index contributed by atoms with van der Waals surface area (Å²) in [6.07, 6.45) is 0. The Morgan fingerprint density at radius 1 is 0.963 bits per heavy atom. The molecule has 3 aromatic rings. The molecule has 0 saturated heterocycles. The minimum absolute atomic E-state index is 0.189. The summed E-state index contributed by atoms with van der Waals surface area (Å²) in [5.41, 5.74) is 1.75. The van der Waals surface area contributed by atoms with Gasteiger partial charge in [-0.25, -0.2) is 0 Å². The summed E-state index contributed by atoms with van der Waals surface area (Å²) < 4.78 is 17.9. The Morgan fingerprint density at radius 2 is 1.70 bits per heavy atom. The molecular formula is C20H17Cl2NO3S. The van der Waals surface area contributed by atoms with Gasteiger partial charge < -0.3 is 9.73 Å². The molecule has 7 heteroatoms. The van der Waals surface area contributed by atoms with Gasteiger partial charge >= 0.3 is 0 Å². The van der Waals surface area contributed by atoms with Crippen LogP contribution in [0.5, 0.6) is 0 Å². The first-order valence-electron chi connectivity index (χ1n) is 8.21. The predicted molar refractivity (Wildman–Crippen MR) is 108 cm³/mol. The molecular weight excluding hydrogens is 405 g/mol. The molecule has 0 unspecified atom stereocenters. The van der Waals surface area contributed by atoms with Crippen molar-refractivity contribution in [3.05, 3.63) is 93.4 Å². The van der Waals surface area contributed by atoms with Gasteiger partial charge in [-0.05, 0) is 41.5 Å². The molecule has 27 heavy (non-hydrogen) atoms. The van der Waals surface area contributed by atoms with Crippen molar-refractivity contribution < 1.29 is 13.4 Å². The highest BCUT2D eigenvalue weighted by molar-refractivity contribution is 7.83. The van der Waals surface area contributed by atoms with E-state index in [1.54, 1.807) is 30.3 Å². The number of rotatable bonds is 7. The van der Waals surface area contributed by atoms with Crippen LogP contribution in [0.15, 0.2) is 65.1 Å². The first-order valence-corrected chi connectivity index (χ1v) is 10.5. The second-order valence-electron chi connectivity index (χ2n) is 5.90. The van der Waals surface area contributed by atoms with Gasteiger partial charge in [0.2, 0.25) is 0 Å². The van der Waals surface area contributed by atoms with E-state index in [1.165, 1.54) is 0 Å². The number of hydrogen-bond donors (Lipinski definition) is 1. The van der Waals surface area contributed by atoms with E-state index >= 15 is 0 Å². The summed E-state index contributed by atoms with van der Waals surface area (Å²) in [5.74, 6) is 0.910. The molecule has 1 aromatic heterocycles. The van der Waals surface area contributed by atoms with Crippen LogP contribution < -0.4 is 5.32 Å². The summed E-state index contributed by atoms with van der Waals surface area (Å²) in [5, 5.41) is 4.01. The first-order chi connectivity index (χ1) is 13.0. The highest BCUT2D eigenvalue weighted by atomic mass is 35.5. The fourth-order valence-electron chi connectivity index (χ4n) is 2.45. The van der Waals surface area contributed by atoms with Crippen LogP contribution in [0.25, 0.3) is 0 Å². The van der Waals surface area contributed by atoms with E-state index < -0.39 is 10.8 Å². The lowest BCUT2D eigenvalue weighted by molar-refractivity contribution is 0.0921. The van der Waals surface area contributed by atoms with Gasteiger partial charge in [-0.1, -0.05) is 53.5 Å². The molecule has 0 bridgehead atoms. The summed E-state index contributed by atoms with van der Waals surface area (Å²) in [6.45, 7) is 0.366. The van der Waals surface area contributed by atoms with E-state index in [0.717, 1.165) is 11.1 Å². The van der Waals surface area contributed by atoms with E-state index in [4.69, 9.17) is 27.6 Å². The molecule has 0 radical (unpaired) electrons. The average Bonchev–Trinajstić information content (AvgIpc) is 3.11. The molecule has 140 valence electrons. The van der Waals surface area contributed by atoms with Gasteiger partial charge in [-0.3, -0.25) is 9.00 Å². The molecule has 0 saturated carbocycles. The number of carbonyl (C=O) groups is 1. The number of furan rings is 1. The smallest absolute Gasteiger partial charge is 0.287 e. The Morgan fingerprint density at radius 3 is 2.44 bits per heavy atom. The van der Waals surface area contributed by atoms with Crippen molar-refractivity contribution in [2.45, 2.75) is 18.1 Å². The van der Waals surface area contributed by atoms with E-state index in [0.29, 0.717) is 28.1 Å². The van der Waals surface area contributed by atoms with Gasteiger partial charge in [0.1, 0.15) is 5.76 Å². The van der Waals surface area contributed by atoms with E-state index in [1.807, 2.05) is 30.3 Å². The summed E-state index contributed by atoms with van der Waals surface area (Å²) in [6, 6.07) is 17.8. The number of amides is 1. The lowest BCUT2D eigenvalue weighted by Gasteiger charge is -2.04. The van der Waals surface area contributed by atoms with Crippen LogP contribution in [0.3, 0.4) is 0 Å². The Hall–Kier alpha value is -2.08. The third-order valence-corrected chi connectivity index (χ3v) is 5.69. The van der Waals surface area contributed by atoms with Gasteiger partial charge in [-0.2, -0.15) is 0 Å². The van der Waals surface area contributed by atoms with Crippen molar-refractivity contribution in [1.82, 2.24) is 5.32 Å². The lowest BCUT2D eigenvalue weighted by atomic mass is 10.2. The molecule has 1 heterocycles. The second-order valence-corrected chi connectivity index (χ2v) is 8.20. The molecule has 0 fully saturated rings. The monoisotopic (exact) mass is 421 g/mol. The quantitative estimate of drug-likeness (QED) is 0.585. The Bertz CT molecular complexity index is 954. The van der Waals surface area contributed by atoms with Crippen molar-refractivity contribution >= 4 is 39.9 Å². The molecule has 1 atom stereocenters. The Balaban J connectivity index is 1.54. The SMILES string of the molecule is O=C(NCc1ccc(Cl)cc1)c1ccc(C[S@](=O)Cc2ccccc2Cl)o1. The molecule has 0 spiro atoms. The van der Waals surface area contributed by atoms with E-state index in [2.05, 4.69) is 5.32 Å². The molecule has 4 nitrogen and oxygen atoms in total. The number of nitrogens with one attached hydrogen (secondary N) is 1.